The van der Waals surface area contributed by atoms with E-state index in [9.17, 15) is 13.6 Å². The summed E-state index contributed by atoms with van der Waals surface area (Å²) in [4.78, 5) is 12.2. The van der Waals surface area contributed by atoms with Crippen LogP contribution in [0.15, 0.2) is 18.2 Å². The summed E-state index contributed by atoms with van der Waals surface area (Å²) in [5.74, 6) is -1.29. The Bertz CT molecular complexity index is 565. The van der Waals surface area contributed by atoms with Gasteiger partial charge in [0.05, 0.1) is 0 Å². The van der Waals surface area contributed by atoms with Gasteiger partial charge in [-0.1, -0.05) is 6.42 Å². The predicted octanol–water partition coefficient (Wildman–Crippen LogP) is 3.30. The molecule has 2 atom stereocenters. The van der Waals surface area contributed by atoms with Gasteiger partial charge in [-0.15, -0.1) is 0 Å². The fourth-order valence-corrected chi connectivity index (χ4v) is 3.57. The van der Waals surface area contributed by atoms with E-state index in [1.807, 2.05) is 0 Å². The highest BCUT2D eigenvalue weighted by molar-refractivity contribution is 5.85. The van der Waals surface area contributed by atoms with Gasteiger partial charge in [0.15, 0.2) is 0 Å². The summed E-state index contributed by atoms with van der Waals surface area (Å²) >= 11 is 0. The maximum atomic E-state index is 14.2. The Labute approximate surface area is 121 Å². The second-order valence-electron chi connectivity index (χ2n) is 5.86. The van der Waals surface area contributed by atoms with Crippen molar-refractivity contribution < 1.29 is 18.7 Å². The van der Waals surface area contributed by atoms with Crippen LogP contribution >= 0.6 is 0 Å². The number of halogens is 2. The van der Waals surface area contributed by atoms with Crippen molar-refractivity contribution in [3.8, 4) is 0 Å². The highest BCUT2D eigenvalue weighted by Gasteiger charge is 2.37. The Morgan fingerprint density at radius 3 is 2.29 bits per heavy atom. The third kappa shape index (κ3) is 2.77. The van der Waals surface area contributed by atoms with Crippen molar-refractivity contribution in [3.05, 3.63) is 35.4 Å². The zero-order valence-corrected chi connectivity index (χ0v) is 11.6. The summed E-state index contributed by atoms with van der Waals surface area (Å²) in [5, 5.41) is 8.55. The van der Waals surface area contributed by atoms with E-state index in [1.165, 1.54) is 24.6 Å². The molecule has 0 amide bonds. The number of carbonyl (C=O) groups is 1. The Morgan fingerprint density at radius 1 is 1.19 bits per heavy atom. The molecule has 1 heterocycles. The number of fused-ring (bicyclic) bond motifs is 1. The number of hydrogen-bond donors (Lipinski definition) is 1. The van der Waals surface area contributed by atoms with Crippen LogP contribution in [0.4, 0.5) is 14.5 Å². The number of carboxylic acid groups (broad SMARTS) is 1. The number of benzene rings is 1. The molecule has 1 aliphatic carbocycles. The lowest BCUT2D eigenvalue weighted by Gasteiger charge is -2.21. The van der Waals surface area contributed by atoms with Crippen LogP contribution in [-0.2, 0) is 4.79 Å². The zero-order chi connectivity index (χ0) is 15.0. The minimum Gasteiger partial charge on any atom is -0.478 e. The first kappa shape index (κ1) is 14.0. The molecule has 1 aliphatic heterocycles. The standard InChI is InChI=1S/C16H17F2NO2/c17-13-6-10(4-5-15(20)21)7-14(18)16(13)19-8-11-2-1-3-12(11)9-19/h4-7,11-12H,1-3,8-9H2,(H,20,21)/b5-4+. The summed E-state index contributed by atoms with van der Waals surface area (Å²) < 4.78 is 28.4. The lowest BCUT2D eigenvalue weighted by atomic mass is 10.0. The van der Waals surface area contributed by atoms with Crippen LogP contribution in [0, 0.1) is 23.5 Å². The monoisotopic (exact) mass is 293 g/mol. The van der Waals surface area contributed by atoms with Crippen molar-refractivity contribution in [2.24, 2.45) is 11.8 Å². The van der Waals surface area contributed by atoms with Crippen molar-refractivity contribution in [2.75, 3.05) is 18.0 Å². The van der Waals surface area contributed by atoms with E-state index < -0.39 is 17.6 Å². The van der Waals surface area contributed by atoms with Crippen LogP contribution < -0.4 is 4.90 Å². The average molecular weight is 293 g/mol. The molecule has 0 spiro atoms. The first-order valence-electron chi connectivity index (χ1n) is 7.19. The van der Waals surface area contributed by atoms with E-state index in [2.05, 4.69) is 0 Å². The summed E-state index contributed by atoms with van der Waals surface area (Å²) in [6.45, 7) is 1.42. The van der Waals surface area contributed by atoms with Crippen molar-refractivity contribution in [1.82, 2.24) is 0 Å². The van der Waals surface area contributed by atoms with Crippen LogP contribution in [0.2, 0.25) is 0 Å². The van der Waals surface area contributed by atoms with Crippen molar-refractivity contribution in [2.45, 2.75) is 19.3 Å². The fraction of sp³-hybridized carbons (Fsp3) is 0.438. The number of anilines is 1. The highest BCUT2D eigenvalue weighted by Crippen LogP contribution is 2.41. The predicted molar refractivity (Wildman–Crippen MR) is 76.1 cm³/mol. The highest BCUT2D eigenvalue weighted by atomic mass is 19.1. The second-order valence-corrected chi connectivity index (χ2v) is 5.86. The topological polar surface area (TPSA) is 40.5 Å². The minimum atomic E-state index is -1.15. The number of rotatable bonds is 3. The van der Waals surface area contributed by atoms with Crippen LogP contribution in [0.3, 0.4) is 0 Å². The number of aliphatic carboxylic acids is 1. The maximum absolute atomic E-state index is 14.2. The number of hydrogen-bond acceptors (Lipinski definition) is 2. The Kier molecular flexibility index (Phi) is 3.66. The molecule has 5 heteroatoms. The second kappa shape index (κ2) is 5.47. The van der Waals surface area contributed by atoms with Gasteiger partial charge in [0.2, 0.25) is 0 Å². The normalized spacial score (nSPS) is 24.8. The third-order valence-electron chi connectivity index (χ3n) is 4.50. The van der Waals surface area contributed by atoms with E-state index in [-0.39, 0.29) is 11.3 Å². The Morgan fingerprint density at radius 2 is 1.76 bits per heavy atom. The van der Waals surface area contributed by atoms with E-state index in [4.69, 9.17) is 5.11 Å². The molecule has 2 fully saturated rings. The average Bonchev–Trinajstić information content (AvgIpc) is 2.96. The van der Waals surface area contributed by atoms with E-state index >= 15 is 0 Å². The molecule has 1 aromatic rings. The molecule has 1 saturated heterocycles. The molecule has 0 aromatic heterocycles. The molecule has 2 aliphatic rings. The number of nitrogens with zero attached hydrogens (tertiary/aromatic N) is 1. The van der Waals surface area contributed by atoms with Gasteiger partial charge in [0, 0.05) is 19.2 Å². The summed E-state index contributed by atoms with van der Waals surface area (Å²) in [5.41, 5.74) is 0.243. The van der Waals surface area contributed by atoms with Crippen molar-refractivity contribution in [3.63, 3.8) is 0 Å². The SMILES string of the molecule is O=C(O)/C=C/c1cc(F)c(N2CC3CCCC3C2)c(F)c1. The molecule has 1 saturated carbocycles. The largest absolute Gasteiger partial charge is 0.478 e. The zero-order valence-electron chi connectivity index (χ0n) is 11.6. The molecule has 0 bridgehead atoms. The molecule has 1 aromatic carbocycles. The van der Waals surface area contributed by atoms with E-state index in [0.29, 0.717) is 24.9 Å². The molecule has 1 N–H and O–H groups in total. The smallest absolute Gasteiger partial charge is 0.328 e. The van der Waals surface area contributed by atoms with Crippen LogP contribution in [-0.4, -0.2) is 24.2 Å². The van der Waals surface area contributed by atoms with Gasteiger partial charge >= 0.3 is 5.97 Å². The lowest BCUT2D eigenvalue weighted by Crippen LogP contribution is -2.23. The number of carboxylic acids is 1. The first-order valence-corrected chi connectivity index (χ1v) is 7.19. The first-order chi connectivity index (χ1) is 10.0. The summed E-state index contributed by atoms with van der Waals surface area (Å²) in [6.07, 6.45) is 5.56. The summed E-state index contributed by atoms with van der Waals surface area (Å²) in [7, 11) is 0. The van der Waals surface area contributed by atoms with Gasteiger partial charge in [-0.25, -0.2) is 13.6 Å². The maximum Gasteiger partial charge on any atom is 0.328 e. The van der Waals surface area contributed by atoms with Crippen LogP contribution in [0.5, 0.6) is 0 Å². The minimum absolute atomic E-state index is 0.0249. The van der Waals surface area contributed by atoms with Gasteiger partial charge in [-0.05, 0) is 48.4 Å². The quantitative estimate of drug-likeness (QED) is 0.869. The van der Waals surface area contributed by atoms with Crippen LogP contribution in [0.1, 0.15) is 24.8 Å². The van der Waals surface area contributed by atoms with E-state index in [0.717, 1.165) is 18.9 Å². The molecule has 2 unspecified atom stereocenters. The fourth-order valence-electron chi connectivity index (χ4n) is 3.57. The molecule has 21 heavy (non-hydrogen) atoms. The van der Waals surface area contributed by atoms with Gasteiger partial charge in [0.1, 0.15) is 17.3 Å². The van der Waals surface area contributed by atoms with Crippen molar-refractivity contribution in [1.29, 1.82) is 0 Å². The van der Waals surface area contributed by atoms with Gasteiger partial charge < -0.3 is 10.0 Å². The lowest BCUT2D eigenvalue weighted by molar-refractivity contribution is -0.131. The van der Waals surface area contributed by atoms with Crippen molar-refractivity contribution >= 4 is 17.7 Å². The third-order valence-corrected chi connectivity index (χ3v) is 4.50. The Balaban J connectivity index is 1.85. The van der Waals surface area contributed by atoms with Crippen LogP contribution in [0.25, 0.3) is 6.08 Å². The molecule has 112 valence electrons. The molecular formula is C16H17F2NO2. The molecular weight excluding hydrogens is 276 g/mol. The molecule has 3 rings (SSSR count). The van der Waals surface area contributed by atoms with E-state index in [1.54, 1.807) is 4.90 Å². The summed E-state index contributed by atoms with van der Waals surface area (Å²) in [6, 6.07) is 2.37. The van der Waals surface area contributed by atoms with Gasteiger partial charge in [-0.3, -0.25) is 0 Å². The Hall–Kier alpha value is -1.91. The van der Waals surface area contributed by atoms with Gasteiger partial charge in [0.25, 0.3) is 0 Å². The van der Waals surface area contributed by atoms with Gasteiger partial charge in [-0.2, -0.15) is 0 Å². The molecule has 0 radical (unpaired) electrons. The molecule has 3 nitrogen and oxygen atoms in total.